The predicted molar refractivity (Wildman–Crippen MR) is 89.0 cm³/mol. The van der Waals surface area contributed by atoms with Crippen LogP contribution in [0, 0.1) is 0 Å². The molecule has 0 saturated heterocycles. The van der Waals surface area contributed by atoms with Gasteiger partial charge in [-0.3, -0.25) is 4.18 Å². The molecule has 0 aromatic heterocycles. The summed E-state index contributed by atoms with van der Waals surface area (Å²) < 4.78 is 63.2. The van der Waals surface area contributed by atoms with E-state index in [-0.39, 0.29) is 28.8 Å². The van der Waals surface area contributed by atoms with Crippen LogP contribution in [0.1, 0.15) is 0 Å². The van der Waals surface area contributed by atoms with Gasteiger partial charge in [-0.1, -0.05) is 18.2 Å². The van der Waals surface area contributed by atoms with Gasteiger partial charge in [0.1, 0.15) is 13.2 Å². The van der Waals surface area contributed by atoms with Crippen molar-refractivity contribution in [3.63, 3.8) is 0 Å². The Hall–Kier alpha value is -2.10. The molecule has 0 aliphatic carbocycles. The molecule has 0 saturated carbocycles. The molecule has 2 aromatic carbocycles. The minimum atomic E-state index is -3.69. The highest BCUT2D eigenvalue weighted by Gasteiger charge is 2.26. The Morgan fingerprint density at radius 3 is 2.40 bits per heavy atom. The predicted octanol–water partition coefficient (Wildman–Crippen LogP) is 1.64. The Kier molecular flexibility index (Phi) is 4.72. The van der Waals surface area contributed by atoms with Gasteiger partial charge in [-0.2, -0.15) is 8.42 Å². The number of sulfone groups is 1. The first-order valence-electron chi connectivity index (χ1n) is 7.34. The second-order valence-electron chi connectivity index (χ2n) is 5.46. The molecular formula is C16H16O7S2. The molecular weight excluding hydrogens is 368 g/mol. The van der Waals surface area contributed by atoms with Gasteiger partial charge in [0, 0.05) is 6.07 Å². The Morgan fingerprint density at radius 1 is 1.00 bits per heavy atom. The number of benzene rings is 2. The molecule has 1 aliphatic heterocycles. The molecule has 0 spiro atoms. The number of ether oxygens (including phenoxy) is 2. The van der Waals surface area contributed by atoms with Crippen molar-refractivity contribution < 1.29 is 30.5 Å². The minimum absolute atomic E-state index is 0.0609. The fourth-order valence-electron chi connectivity index (χ4n) is 2.28. The van der Waals surface area contributed by atoms with Gasteiger partial charge < -0.3 is 9.47 Å². The Morgan fingerprint density at radius 2 is 1.72 bits per heavy atom. The maximum Gasteiger partial charge on any atom is 0.264 e. The highest BCUT2D eigenvalue weighted by molar-refractivity contribution is 7.91. The fourth-order valence-corrected chi connectivity index (χ4v) is 3.98. The van der Waals surface area contributed by atoms with Crippen LogP contribution in [0.15, 0.2) is 58.3 Å². The minimum Gasteiger partial charge on any atom is -0.486 e. The largest absolute Gasteiger partial charge is 0.486 e. The van der Waals surface area contributed by atoms with Crippen molar-refractivity contribution >= 4 is 20.0 Å². The van der Waals surface area contributed by atoms with Crippen LogP contribution in [0.2, 0.25) is 0 Å². The van der Waals surface area contributed by atoms with Gasteiger partial charge in [0.2, 0.25) is 9.84 Å². The summed E-state index contributed by atoms with van der Waals surface area (Å²) in [5.74, 6) is 0.618. The van der Waals surface area contributed by atoms with Gasteiger partial charge in [-0.15, -0.1) is 0 Å². The zero-order valence-corrected chi connectivity index (χ0v) is 14.9. The van der Waals surface area contributed by atoms with Crippen LogP contribution in [0.25, 0.3) is 0 Å². The molecule has 134 valence electrons. The molecule has 25 heavy (non-hydrogen) atoms. The smallest absolute Gasteiger partial charge is 0.264 e. The quantitative estimate of drug-likeness (QED) is 0.723. The van der Waals surface area contributed by atoms with Crippen molar-refractivity contribution in [2.75, 3.05) is 19.5 Å². The monoisotopic (exact) mass is 384 g/mol. The summed E-state index contributed by atoms with van der Waals surface area (Å²) in [6.45, 7) is -0.110. The van der Waals surface area contributed by atoms with E-state index in [0.717, 1.165) is 6.26 Å². The zero-order chi connectivity index (χ0) is 18.1. The first-order chi connectivity index (χ1) is 11.8. The summed E-state index contributed by atoms with van der Waals surface area (Å²) in [6.07, 6.45) is 0.284. The van der Waals surface area contributed by atoms with Gasteiger partial charge in [-0.05, 0) is 24.3 Å². The van der Waals surface area contributed by atoms with E-state index in [4.69, 9.17) is 13.7 Å². The van der Waals surface area contributed by atoms with Crippen LogP contribution in [0.4, 0.5) is 0 Å². The molecule has 9 heteroatoms. The third-order valence-electron chi connectivity index (χ3n) is 3.47. The SMILES string of the molecule is CS(=O)(=O)OC[C@@H]1COc2ccc(S(=O)(=O)c3ccccc3)cc2O1. The van der Waals surface area contributed by atoms with Gasteiger partial charge >= 0.3 is 0 Å². The maximum absolute atomic E-state index is 12.7. The summed E-state index contributed by atoms with van der Waals surface area (Å²) in [4.78, 5) is 0.231. The van der Waals surface area contributed by atoms with E-state index in [1.807, 2.05) is 0 Å². The zero-order valence-electron chi connectivity index (χ0n) is 13.3. The van der Waals surface area contributed by atoms with Gasteiger partial charge in [0.05, 0.1) is 16.0 Å². The van der Waals surface area contributed by atoms with E-state index in [0.29, 0.717) is 5.75 Å². The van der Waals surface area contributed by atoms with Crippen LogP contribution in [0.3, 0.4) is 0 Å². The lowest BCUT2D eigenvalue weighted by atomic mass is 10.2. The molecule has 0 unspecified atom stereocenters. The molecule has 0 bridgehead atoms. The normalized spacial score (nSPS) is 17.2. The van der Waals surface area contributed by atoms with Crippen LogP contribution >= 0.6 is 0 Å². The molecule has 2 aromatic rings. The third-order valence-corrected chi connectivity index (χ3v) is 5.80. The summed E-state index contributed by atoms with van der Waals surface area (Å²) in [5.41, 5.74) is 0. The van der Waals surface area contributed by atoms with Crippen molar-refractivity contribution in [3.05, 3.63) is 48.5 Å². The Bertz CT molecular complexity index is 967. The van der Waals surface area contributed by atoms with E-state index in [9.17, 15) is 16.8 Å². The van der Waals surface area contributed by atoms with E-state index in [2.05, 4.69) is 0 Å². The number of rotatable bonds is 5. The lowest BCUT2D eigenvalue weighted by Crippen LogP contribution is -2.34. The lowest BCUT2D eigenvalue weighted by Gasteiger charge is -2.26. The number of fused-ring (bicyclic) bond motifs is 1. The molecule has 1 aliphatic rings. The summed E-state index contributed by atoms with van der Waals surface area (Å²) in [5, 5.41) is 0. The molecule has 0 radical (unpaired) electrons. The molecule has 3 rings (SSSR count). The lowest BCUT2D eigenvalue weighted by molar-refractivity contribution is 0.0555. The van der Waals surface area contributed by atoms with Crippen molar-refractivity contribution in [3.8, 4) is 11.5 Å². The fraction of sp³-hybridized carbons (Fsp3) is 0.250. The summed E-state index contributed by atoms with van der Waals surface area (Å²) in [6, 6.07) is 12.4. The highest BCUT2D eigenvalue weighted by atomic mass is 32.2. The van der Waals surface area contributed by atoms with Crippen molar-refractivity contribution in [1.82, 2.24) is 0 Å². The van der Waals surface area contributed by atoms with Crippen LogP contribution in [-0.4, -0.2) is 42.4 Å². The average molecular weight is 384 g/mol. The standard InChI is InChI=1S/C16H16O7S2/c1-24(17,18)22-11-12-10-21-15-8-7-14(9-16(15)23-12)25(19,20)13-5-3-2-4-6-13/h2-9,12H,10-11H2,1H3/t12-/m0/s1. The highest BCUT2D eigenvalue weighted by Crippen LogP contribution is 2.35. The summed E-state index contributed by atoms with van der Waals surface area (Å²) in [7, 11) is -7.29. The molecule has 0 fully saturated rings. The Balaban J connectivity index is 1.85. The molecule has 7 nitrogen and oxygen atoms in total. The Labute approximate surface area is 146 Å². The van der Waals surface area contributed by atoms with Crippen molar-refractivity contribution in [2.24, 2.45) is 0 Å². The third kappa shape index (κ3) is 4.12. The van der Waals surface area contributed by atoms with E-state index >= 15 is 0 Å². The van der Waals surface area contributed by atoms with Crippen LogP contribution < -0.4 is 9.47 Å². The first kappa shape index (κ1) is 17.7. The van der Waals surface area contributed by atoms with Crippen LogP contribution in [0.5, 0.6) is 11.5 Å². The van der Waals surface area contributed by atoms with Gasteiger partial charge in [-0.25, -0.2) is 8.42 Å². The van der Waals surface area contributed by atoms with Crippen molar-refractivity contribution in [2.45, 2.75) is 15.9 Å². The molecule has 0 amide bonds. The number of hydrogen-bond acceptors (Lipinski definition) is 7. The summed E-state index contributed by atoms with van der Waals surface area (Å²) >= 11 is 0. The first-order valence-corrected chi connectivity index (χ1v) is 10.6. The maximum atomic E-state index is 12.7. The number of hydrogen-bond donors (Lipinski definition) is 0. The van der Waals surface area contributed by atoms with Gasteiger partial charge in [0.25, 0.3) is 10.1 Å². The molecule has 1 atom stereocenters. The second kappa shape index (κ2) is 6.66. The van der Waals surface area contributed by atoms with E-state index in [1.165, 1.54) is 30.3 Å². The van der Waals surface area contributed by atoms with Crippen LogP contribution in [-0.2, 0) is 24.1 Å². The van der Waals surface area contributed by atoms with Gasteiger partial charge in [0.15, 0.2) is 17.6 Å². The molecule has 1 heterocycles. The van der Waals surface area contributed by atoms with E-state index in [1.54, 1.807) is 18.2 Å². The second-order valence-corrected chi connectivity index (χ2v) is 9.06. The average Bonchev–Trinajstić information content (AvgIpc) is 2.59. The van der Waals surface area contributed by atoms with E-state index < -0.39 is 26.1 Å². The molecule has 0 N–H and O–H groups in total. The van der Waals surface area contributed by atoms with Crippen molar-refractivity contribution in [1.29, 1.82) is 0 Å². The topological polar surface area (TPSA) is 96.0 Å².